The van der Waals surface area contributed by atoms with Crippen molar-refractivity contribution in [2.45, 2.75) is 31.3 Å². The molecule has 1 unspecified atom stereocenters. The van der Waals surface area contributed by atoms with E-state index in [1.54, 1.807) is 6.20 Å². The van der Waals surface area contributed by atoms with E-state index in [1.807, 2.05) is 17.0 Å². The van der Waals surface area contributed by atoms with Gasteiger partial charge in [0.2, 0.25) is 5.91 Å². The molecule has 1 aliphatic heterocycles. The Hall–Kier alpha value is -1.59. The highest BCUT2D eigenvalue weighted by atomic mass is 35.5. The maximum atomic E-state index is 12.3. The molecule has 1 aromatic heterocycles. The zero-order valence-electron chi connectivity index (χ0n) is 13.3. The summed E-state index contributed by atoms with van der Waals surface area (Å²) in [5.74, 6) is 1.34. The van der Waals surface area contributed by atoms with E-state index in [9.17, 15) is 9.90 Å². The van der Waals surface area contributed by atoms with Crippen LogP contribution in [0.4, 0.5) is 0 Å². The van der Waals surface area contributed by atoms with E-state index >= 15 is 0 Å². The fraction of sp³-hybridized carbons (Fsp3) is 0.556. The Labute approximate surface area is 145 Å². The monoisotopic (exact) mass is 345 g/mol. The van der Waals surface area contributed by atoms with E-state index in [0.717, 1.165) is 42.4 Å². The Kier molecular flexibility index (Phi) is 3.04. The number of halogens is 1. The molecular formula is C18H20ClN3O2. The summed E-state index contributed by atoms with van der Waals surface area (Å²) in [4.78, 5) is 14.3. The molecule has 0 radical (unpaired) electrons. The Morgan fingerprint density at radius 1 is 1.29 bits per heavy atom. The molecule has 1 amide bonds. The second-order valence-electron chi connectivity index (χ2n) is 7.77. The van der Waals surface area contributed by atoms with Crippen molar-refractivity contribution in [3.63, 3.8) is 0 Å². The van der Waals surface area contributed by atoms with Gasteiger partial charge in [-0.15, -0.1) is 0 Å². The van der Waals surface area contributed by atoms with Crippen molar-refractivity contribution in [2.75, 3.05) is 13.1 Å². The number of likely N-dealkylation sites (tertiary alicyclic amines) is 1. The molecule has 0 bridgehead atoms. The van der Waals surface area contributed by atoms with Gasteiger partial charge in [0.05, 0.1) is 17.3 Å². The van der Waals surface area contributed by atoms with Crippen LogP contribution in [0.1, 0.15) is 31.2 Å². The van der Waals surface area contributed by atoms with Crippen LogP contribution in [-0.4, -0.2) is 39.2 Å². The van der Waals surface area contributed by atoms with E-state index in [2.05, 4.69) is 10.2 Å². The molecule has 3 fully saturated rings. The number of carbonyl (C=O) groups excluding carboxylic acids is 1. The van der Waals surface area contributed by atoms with Gasteiger partial charge in [-0.25, -0.2) is 0 Å². The molecule has 5 rings (SSSR count). The first kappa shape index (κ1) is 14.7. The molecule has 24 heavy (non-hydrogen) atoms. The molecule has 1 aromatic carbocycles. The van der Waals surface area contributed by atoms with Crippen molar-refractivity contribution in [2.24, 2.45) is 17.8 Å². The van der Waals surface area contributed by atoms with Crippen LogP contribution in [0.5, 0.6) is 0 Å². The van der Waals surface area contributed by atoms with E-state index in [1.165, 1.54) is 0 Å². The predicted molar refractivity (Wildman–Crippen MR) is 90.5 cm³/mol. The van der Waals surface area contributed by atoms with Crippen LogP contribution in [0.25, 0.3) is 10.9 Å². The summed E-state index contributed by atoms with van der Waals surface area (Å²) in [7, 11) is 0. The largest absolute Gasteiger partial charge is 0.385 e. The van der Waals surface area contributed by atoms with Crippen LogP contribution in [0, 0.1) is 17.8 Å². The van der Waals surface area contributed by atoms with E-state index < -0.39 is 5.60 Å². The van der Waals surface area contributed by atoms with E-state index in [-0.39, 0.29) is 5.92 Å². The van der Waals surface area contributed by atoms with Crippen molar-refractivity contribution in [3.8, 4) is 0 Å². The second kappa shape index (κ2) is 4.96. The van der Waals surface area contributed by atoms with Crippen LogP contribution >= 0.6 is 11.6 Å². The van der Waals surface area contributed by atoms with Crippen molar-refractivity contribution >= 4 is 28.4 Å². The summed E-state index contributed by atoms with van der Waals surface area (Å²) >= 11 is 6.24. The molecule has 0 spiro atoms. The predicted octanol–water partition coefficient (Wildman–Crippen LogP) is 2.68. The van der Waals surface area contributed by atoms with Gasteiger partial charge in [0.1, 0.15) is 0 Å². The number of carbonyl (C=O) groups is 1. The van der Waals surface area contributed by atoms with Crippen LogP contribution < -0.4 is 0 Å². The van der Waals surface area contributed by atoms with Gasteiger partial charge in [0.25, 0.3) is 0 Å². The minimum atomic E-state index is -0.889. The molecule has 2 saturated carbocycles. The van der Waals surface area contributed by atoms with E-state index in [0.29, 0.717) is 35.6 Å². The van der Waals surface area contributed by atoms with Crippen LogP contribution in [-0.2, 0) is 10.4 Å². The normalized spacial score (nSPS) is 32.5. The van der Waals surface area contributed by atoms with Crippen molar-refractivity contribution in [1.29, 1.82) is 0 Å². The summed E-state index contributed by atoms with van der Waals surface area (Å²) < 4.78 is 0. The fourth-order valence-electron chi connectivity index (χ4n) is 4.73. The summed E-state index contributed by atoms with van der Waals surface area (Å²) in [5.41, 5.74) is 0.824. The van der Waals surface area contributed by atoms with Crippen molar-refractivity contribution < 1.29 is 9.90 Å². The van der Waals surface area contributed by atoms with Crippen molar-refractivity contribution in [1.82, 2.24) is 15.1 Å². The Balaban J connectivity index is 1.42. The number of aromatic nitrogens is 2. The molecule has 2 heterocycles. The number of aliphatic hydroxyl groups is 1. The van der Waals surface area contributed by atoms with Gasteiger partial charge in [0, 0.05) is 35.0 Å². The average Bonchev–Trinajstić information content (AvgIpc) is 3.03. The minimum Gasteiger partial charge on any atom is -0.385 e. The number of H-pyrrole nitrogens is 1. The number of nitrogens with one attached hydrogen (secondary N) is 1. The topological polar surface area (TPSA) is 69.2 Å². The number of fused-ring (bicyclic) bond motifs is 2. The van der Waals surface area contributed by atoms with Gasteiger partial charge in [-0.2, -0.15) is 5.10 Å². The molecule has 126 valence electrons. The summed E-state index contributed by atoms with van der Waals surface area (Å²) in [5, 5.41) is 20.0. The number of amides is 1. The number of rotatable bonds is 2. The molecule has 1 saturated heterocycles. The molecular weight excluding hydrogens is 326 g/mol. The highest BCUT2D eigenvalue weighted by Crippen LogP contribution is 2.51. The molecule has 2 aromatic rings. The Morgan fingerprint density at radius 2 is 2.00 bits per heavy atom. The first-order valence-electron chi connectivity index (χ1n) is 8.68. The molecule has 3 atom stereocenters. The molecule has 2 aliphatic carbocycles. The number of hydrogen-bond acceptors (Lipinski definition) is 3. The maximum Gasteiger partial charge on any atom is 0.225 e. The lowest BCUT2D eigenvalue weighted by Gasteiger charge is -2.27. The second-order valence-corrected chi connectivity index (χ2v) is 8.20. The van der Waals surface area contributed by atoms with Gasteiger partial charge in [0.15, 0.2) is 0 Å². The standard InChI is InChI=1S/C18H20ClN3O2/c19-14-3-11-7-20-21-16(11)15(4-14)18(24)5-12-8-22(9-13(12)6-18)17(23)10-1-2-10/h3-4,7,10,12-13,24H,1-2,5-6,8-9H2,(H,20,21)/t12-,13+,18?. The zero-order chi connectivity index (χ0) is 16.5. The van der Waals surface area contributed by atoms with Crippen LogP contribution in [0.2, 0.25) is 5.02 Å². The zero-order valence-corrected chi connectivity index (χ0v) is 14.1. The summed E-state index contributed by atoms with van der Waals surface area (Å²) in [6.07, 6.45) is 5.20. The average molecular weight is 346 g/mol. The fourth-order valence-corrected chi connectivity index (χ4v) is 4.96. The van der Waals surface area contributed by atoms with Crippen molar-refractivity contribution in [3.05, 3.63) is 28.9 Å². The quantitative estimate of drug-likeness (QED) is 0.879. The Bertz CT molecular complexity index is 815. The molecule has 6 heteroatoms. The lowest BCUT2D eigenvalue weighted by atomic mass is 9.89. The van der Waals surface area contributed by atoms with Gasteiger partial charge >= 0.3 is 0 Å². The number of benzene rings is 1. The summed E-state index contributed by atoms with van der Waals surface area (Å²) in [6, 6.07) is 3.72. The third-order valence-electron chi connectivity index (χ3n) is 6.03. The Morgan fingerprint density at radius 3 is 2.67 bits per heavy atom. The highest BCUT2D eigenvalue weighted by Gasteiger charge is 2.51. The third kappa shape index (κ3) is 2.18. The number of aromatic amines is 1. The lowest BCUT2D eigenvalue weighted by molar-refractivity contribution is -0.132. The van der Waals surface area contributed by atoms with Crippen LogP contribution in [0.15, 0.2) is 18.3 Å². The third-order valence-corrected chi connectivity index (χ3v) is 6.25. The van der Waals surface area contributed by atoms with Crippen LogP contribution in [0.3, 0.4) is 0 Å². The minimum absolute atomic E-state index is 0.278. The molecule has 2 N–H and O–H groups in total. The smallest absolute Gasteiger partial charge is 0.225 e. The number of nitrogens with zero attached hydrogens (tertiary/aromatic N) is 2. The first-order valence-corrected chi connectivity index (χ1v) is 9.05. The SMILES string of the molecule is O=C(C1CC1)N1C[C@@H]2CC(O)(c3cc(Cl)cc4cn[nH]c34)C[C@@H]2C1. The lowest BCUT2D eigenvalue weighted by Crippen LogP contribution is -2.33. The first-order chi connectivity index (χ1) is 11.5. The van der Waals surface area contributed by atoms with Gasteiger partial charge in [-0.05, 0) is 49.7 Å². The number of hydrogen-bond donors (Lipinski definition) is 2. The van der Waals surface area contributed by atoms with Gasteiger partial charge in [-0.1, -0.05) is 11.6 Å². The van der Waals surface area contributed by atoms with Gasteiger partial charge in [-0.3, -0.25) is 9.89 Å². The highest BCUT2D eigenvalue weighted by molar-refractivity contribution is 6.31. The summed E-state index contributed by atoms with van der Waals surface area (Å²) in [6.45, 7) is 1.57. The van der Waals surface area contributed by atoms with E-state index in [4.69, 9.17) is 11.6 Å². The van der Waals surface area contributed by atoms with Gasteiger partial charge < -0.3 is 10.0 Å². The molecule has 3 aliphatic rings. The molecule has 5 nitrogen and oxygen atoms in total. The maximum absolute atomic E-state index is 12.3.